The molecule has 0 spiro atoms. The minimum atomic E-state index is -0.280. The van der Waals surface area contributed by atoms with Gasteiger partial charge in [0, 0.05) is 11.6 Å². The van der Waals surface area contributed by atoms with Crippen molar-refractivity contribution in [1.29, 1.82) is 0 Å². The molecule has 0 saturated heterocycles. The first-order valence-corrected chi connectivity index (χ1v) is 11.3. The average molecular weight is 312 g/mol. The summed E-state index contributed by atoms with van der Waals surface area (Å²) in [6.45, 7) is 2.77. The Morgan fingerprint density at radius 1 is 1.50 bits per heavy atom. The predicted molar refractivity (Wildman–Crippen MR) is 54.6 cm³/mol. The van der Waals surface area contributed by atoms with E-state index in [1.54, 1.807) is 6.07 Å². The number of hydrogen-bond donors (Lipinski definition) is 0. The fraction of sp³-hybridized carbons (Fsp3) is 0.400. The number of rotatable bonds is 4. The van der Waals surface area contributed by atoms with Crippen molar-refractivity contribution in [2.75, 3.05) is 6.61 Å². The van der Waals surface area contributed by atoms with Gasteiger partial charge in [-0.25, -0.2) is 0 Å². The molecule has 0 N–H and O–H groups in total. The number of unbranched alkanes of at least 4 members (excludes halogenated alkanes) is 1. The molecule has 0 aliphatic heterocycles. The van der Waals surface area contributed by atoms with Gasteiger partial charge in [0.05, 0.1) is 6.61 Å². The van der Waals surface area contributed by atoms with Crippen molar-refractivity contribution in [1.82, 2.24) is 0 Å². The Hall–Kier alpha value is 0.0534. The van der Waals surface area contributed by atoms with Crippen LogP contribution >= 0.6 is 13.6 Å². The minimum absolute atomic E-state index is 0.280. The monoisotopic (exact) mass is 310 g/mol. The van der Waals surface area contributed by atoms with Gasteiger partial charge < -0.3 is 4.74 Å². The van der Waals surface area contributed by atoms with Crippen LogP contribution in [0.25, 0.3) is 0 Å². The second-order valence-corrected chi connectivity index (χ2v) is 2.57. The fourth-order valence-electron chi connectivity index (χ4n) is 0.808. The zero-order chi connectivity index (χ0) is 10.8. The van der Waals surface area contributed by atoms with Crippen LogP contribution in [-0.4, -0.2) is 6.61 Å². The van der Waals surface area contributed by atoms with Gasteiger partial charge in [0.1, 0.15) is 0 Å². The van der Waals surface area contributed by atoms with E-state index in [0.717, 1.165) is 12.8 Å². The molecule has 4 heteroatoms. The summed E-state index contributed by atoms with van der Waals surface area (Å²) in [5.41, 5.74) is 0. The van der Waals surface area contributed by atoms with E-state index in [9.17, 15) is 4.39 Å². The van der Waals surface area contributed by atoms with Gasteiger partial charge in [0.2, 0.25) is 0 Å². The van der Waals surface area contributed by atoms with Crippen molar-refractivity contribution in [2.45, 2.75) is 19.8 Å². The second kappa shape index (κ2) is 9.60. The molecule has 1 aromatic rings. The third-order valence-electron chi connectivity index (χ3n) is 1.50. The van der Waals surface area contributed by atoms with E-state index in [2.05, 4.69) is 26.6 Å². The van der Waals surface area contributed by atoms with E-state index < -0.39 is 0 Å². The van der Waals surface area contributed by atoms with Gasteiger partial charge in [-0.3, -0.25) is 4.39 Å². The third kappa shape index (κ3) is 6.50. The molecule has 1 rings (SSSR count). The maximum absolute atomic E-state index is 12.4. The molecule has 0 aliphatic rings. The first kappa shape index (κ1) is 14.1. The molecule has 14 heavy (non-hydrogen) atoms. The third-order valence-corrected chi connectivity index (χ3v) is 1.50. The Bertz CT molecular complexity index is 228. The molecule has 0 heterocycles. The molecule has 0 aromatic heterocycles. The van der Waals surface area contributed by atoms with E-state index in [0.29, 0.717) is 12.4 Å². The van der Waals surface area contributed by atoms with Crippen LogP contribution in [0, 0.1) is 11.9 Å². The van der Waals surface area contributed by atoms with Crippen molar-refractivity contribution in [3.05, 3.63) is 30.1 Å². The molecule has 0 unspecified atom stereocenters. The molecule has 1 nitrogen and oxygen atoms in total. The Kier molecular flexibility index (Phi) is 9.64. The van der Waals surface area contributed by atoms with Gasteiger partial charge in [0.15, 0.2) is 0 Å². The molecule has 0 bridgehead atoms. The van der Waals surface area contributed by atoms with Crippen LogP contribution in [0.4, 0.5) is 4.39 Å². The Labute approximate surface area is 101 Å². The quantitative estimate of drug-likeness (QED) is 0.468. The van der Waals surface area contributed by atoms with E-state index >= 15 is 0 Å². The van der Waals surface area contributed by atoms with Crippen LogP contribution in [0.15, 0.2) is 18.2 Å². The summed E-state index contributed by atoms with van der Waals surface area (Å²) >= 11 is 4.25. The van der Waals surface area contributed by atoms with Crippen LogP contribution in [-0.2, 0) is 16.3 Å². The maximum atomic E-state index is 12.4. The molecule has 0 saturated carbocycles. The standard InChI is InChI=1S/C10H12FO.BrH.Zn/c1-2-3-8-12-10-6-4-9(11)5-7-10;;/h4-6H,2-3,8H2,1H3;1H;/q-1;;+2/p-1. The van der Waals surface area contributed by atoms with Gasteiger partial charge in [-0.05, 0) is 6.42 Å². The average Bonchev–Trinajstić information content (AvgIpc) is 2.24. The van der Waals surface area contributed by atoms with Crippen LogP contribution < -0.4 is 4.74 Å². The van der Waals surface area contributed by atoms with Crippen molar-refractivity contribution in [3.8, 4) is 5.75 Å². The van der Waals surface area contributed by atoms with E-state index in [1.807, 2.05) is 0 Å². The molecule has 1 aromatic carbocycles. The summed E-state index contributed by atoms with van der Waals surface area (Å²) in [4.78, 5) is 0. The molecule has 0 atom stereocenters. The van der Waals surface area contributed by atoms with Crippen LogP contribution in [0.5, 0.6) is 5.75 Å². The summed E-state index contributed by atoms with van der Waals surface area (Å²) in [5, 5.41) is 0. The van der Waals surface area contributed by atoms with Crippen molar-refractivity contribution in [3.63, 3.8) is 0 Å². The van der Waals surface area contributed by atoms with Crippen LogP contribution in [0.2, 0.25) is 0 Å². The summed E-state index contributed by atoms with van der Waals surface area (Å²) in [6, 6.07) is 6.94. The van der Waals surface area contributed by atoms with Crippen molar-refractivity contribution < 1.29 is 25.5 Å². The topological polar surface area (TPSA) is 9.23 Å². The molecule has 0 radical (unpaired) electrons. The zero-order valence-corrected chi connectivity index (χ0v) is 12.8. The first-order valence-electron chi connectivity index (χ1n) is 4.39. The van der Waals surface area contributed by atoms with E-state index in [1.165, 1.54) is 28.5 Å². The molecule has 0 fully saturated rings. The first-order chi connectivity index (χ1) is 6.83. The fourth-order valence-corrected chi connectivity index (χ4v) is 0.808. The zero-order valence-electron chi connectivity index (χ0n) is 8.22. The number of halogens is 2. The number of benzene rings is 1. The molecule has 0 aliphatic carbocycles. The molecular formula is C10H12BrFOZn. The van der Waals surface area contributed by atoms with E-state index in [-0.39, 0.29) is 5.82 Å². The second-order valence-electron chi connectivity index (χ2n) is 2.57. The van der Waals surface area contributed by atoms with Gasteiger partial charge in [-0.15, -0.1) is 24.3 Å². The Morgan fingerprint density at radius 3 is 2.71 bits per heavy atom. The molecule has 74 valence electrons. The Balaban J connectivity index is 0.000000791. The summed E-state index contributed by atoms with van der Waals surface area (Å²) in [7, 11) is 0. The summed E-state index contributed by atoms with van der Waals surface area (Å²) in [6.07, 6.45) is 2.12. The van der Waals surface area contributed by atoms with Crippen LogP contribution in [0.3, 0.4) is 0 Å². The van der Waals surface area contributed by atoms with Crippen molar-refractivity contribution >= 4 is 13.6 Å². The van der Waals surface area contributed by atoms with Gasteiger partial charge >= 0.3 is 30.0 Å². The van der Waals surface area contributed by atoms with Gasteiger partial charge in [-0.1, -0.05) is 13.3 Å². The predicted octanol–water partition coefficient (Wildman–Crippen LogP) is 3.65. The molecular weight excluding hydrogens is 300 g/mol. The molecule has 0 amide bonds. The summed E-state index contributed by atoms with van der Waals surface area (Å²) < 4.78 is 17.7. The number of hydrogen-bond acceptors (Lipinski definition) is 1. The van der Waals surface area contributed by atoms with Gasteiger partial charge in [0.25, 0.3) is 0 Å². The summed E-state index contributed by atoms with van der Waals surface area (Å²) in [5.74, 6) is 0.336. The number of ether oxygens (including phenoxy) is 1. The van der Waals surface area contributed by atoms with Crippen molar-refractivity contribution in [2.24, 2.45) is 0 Å². The SMILES string of the molecule is CCCCOc1[c-]cc(F)cc1.[Zn+][Br]. The van der Waals surface area contributed by atoms with E-state index in [4.69, 9.17) is 4.74 Å². The van der Waals surface area contributed by atoms with Crippen LogP contribution in [0.1, 0.15) is 19.8 Å². The Morgan fingerprint density at radius 2 is 2.21 bits per heavy atom. The van der Waals surface area contributed by atoms with Gasteiger partial charge in [-0.2, -0.15) is 0 Å². The normalized spacial score (nSPS) is 8.93.